The van der Waals surface area contributed by atoms with Crippen LogP contribution in [0.2, 0.25) is 0 Å². The molecule has 0 unspecified atom stereocenters. The molecule has 1 saturated heterocycles. The number of carbonyl (C=O) groups is 1. The monoisotopic (exact) mass is 335 g/mol. The number of rotatable bonds is 5. The molecule has 1 N–H and O–H groups in total. The number of anilines is 1. The summed E-state index contributed by atoms with van der Waals surface area (Å²) < 4.78 is 7.41. The summed E-state index contributed by atoms with van der Waals surface area (Å²) in [5.41, 5.74) is 1.67. The van der Waals surface area contributed by atoms with Gasteiger partial charge in [-0.3, -0.25) is 4.68 Å². The molecule has 1 atom stereocenters. The topological polar surface area (TPSA) is 72.3 Å². The normalized spacial score (nSPS) is 17.4. The van der Waals surface area contributed by atoms with E-state index in [0.29, 0.717) is 12.2 Å². The Kier molecular flexibility index (Phi) is 4.92. The fourth-order valence-corrected chi connectivity index (χ4v) is 3.32. The molecule has 2 aromatic heterocycles. The minimum absolute atomic E-state index is 0.172. The number of thiazole rings is 1. The maximum atomic E-state index is 12.2. The molecular formula is C15H21N5O2S. The number of hydrogen-bond donors (Lipinski definition) is 1. The predicted molar refractivity (Wildman–Crippen MR) is 88.5 cm³/mol. The molecule has 8 heteroatoms. The molecule has 23 heavy (non-hydrogen) atoms. The first-order valence-corrected chi connectivity index (χ1v) is 8.55. The Morgan fingerprint density at radius 2 is 2.48 bits per heavy atom. The van der Waals surface area contributed by atoms with Crippen LogP contribution < -0.4 is 5.32 Å². The fourth-order valence-electron chi connectivity index (χ4n) is 2.49. The molecule has 2 amide bonds. The largest absolute Gasteiger partial charge is 0.376 e. The summed E-state index contributed by atoms with van der Waals surface area (Å²) in [6.07, 6.45) is 5.90. The zero-order valence-corrected chi connectivity index (χ0v) is 14.2. The Morgan fingerprint density at radius 1 is 1.61 bits per heavy atom. The van der Waals surface area contributed by atoms with Gasteiger partial charge < -0.3 is 15.0 Å². The van der Waals surface area contributed by atoms with Crippen molar-refractivity contribution < 1.29 is 9.53 Å². The van der Waals surface area contributed by atoms with E-state index in [1.54, 1.807) is 29.5 Å². The van der Waals surface area contributed by atoms with Crippen molar-refractivity contribution in [2.24, 2.45) is 0 Å². The minimum atomic E-state index is -0.172. The molecule has 0 aliphatic carbocycles. The van der Waals surface area contributed by atoms with Crippen molar-refractivity contribution in [1.82, 2.24) is 19.7 Å². The van der Waals surface area contributed by atoms with Crippen LogP contribution in [0.15, 0.2) is 17.8 Å². The Morgan fingerprint density at radius 3 is 3.17 bits per heavy atom. The van der Waals surface area contributed by atoms with Crippen LogP contribution in [0.25, 0.3) is 0 Å². The molecule has 0 saturated carbocycles. The molecule has 0 spiro atoms. The van der Waals surface area contributed by atoms with Gasteiger partial charge in [0.25, 0.3) is 0 Å². The highest BCUT2D eigenvalue weighted by Gasteiger charge is 2.17. The second kappa shape index (κ2) is 7.10. The summed E-state index contributed by atoms with van der Waals surface area (Å²) >= 11 is 1.56. The van der Waals surface area contributed by atoms with Crippen LogP contribution in [0.1, 0.15) is 23.5 Å². The highest BCUT2D eigenvalue weighted by Crippen LogP contribution is 2.15. The zero-order valence-electron chi connectivity index (χ0n) is 13.4. The molecule has 0 bridgehead atoms. The molecular weight excluding hydrogens is 314 g/mol. The van der Waals surface area contributed by atoms with Crippen LogP contribution in [0.5, 0.6) is 0 Å². The van der Waals surface area contributed by atoms with E-state index in [1.807, 2.05) is 23.2 Å². The van der Waals surface area contributed by atoms with Crippen molar-refractivity contribution in [3.63, 3.8) is 0 Å². The molecule has 3 heterocycles. The summed E-state index contributed by atoms with van der Waals surface area (Å²) in [5.74, 6) is 0. The van der Waals surface area contributed by atoms with E-state index < -0.39 is 0 Å². The van der Waals surface area contributed by atoms with Crippen molar-refractivity contribution in [2.75, 3.05) is 19.0 Å². The van der Waals surface area contributed by atoms with Gasteiger partial charge in [0.2, 0.25) is 0 Å². The van der Waals surface area contributed by atoms with Crippen molar-refractivity contribution in [3.8, 4) is 0 Å². The summed E-state index contributed by atoms with van der Waals surface area (Å²) in [7, 11) is 1.75. The molecule has 2 aromatic rings. The van der Waals surface area contributed by atoms with E-state index in [1.165, 1.54) is 0 Å². The third-order valence-electron chi connectivity index (χ3n) is 3.68. The van der Waals surface area contributed by atoms with E-state index in [4.69, 9.17) is 4.74 Å². The molecule has 3 rings (SSSR count). The Labute approximate surface area is 139 Å². The fraction of sp³-hybridized carbons (Fsp3) is 0.533. The number of nitrogens with zero attached hydrogens (tertiary/aromatic N) is 4. The number of amides is 2. The molecule has 0 radical (unpaired) electrons. The van der Waals surface area contributed by atoms with Crippen molar-refractivity contribution >= 4 is 23.1 Å². The van der Waals surface area contributed by atoms with Crippen molar-refractivity contribution in [2.45, 2.75) is 39.0 Å². The van der Waals surface area contributed by atoms with Crippen LogP contribution in [0.4, 0.5) is 10.5 Å². The van der Waals surface area contributed by atoms with E-state index in [-0.39, 0.29) is 12.1 Å². The van der Waals surface area contributed by atoms with Gasteiger partial charge in [-0.05, 0) is 19.8 Å². The number of ether oxygens (including phenoxy) is 1. The minimum Gasteiger partial charge on any atom is -0.376 e. The van der Waals surface area contributed by atoms with Crippen LogP contribution >= 0.6 is 11.3 Å². The summed E-state index contributed by atoms with van der Waals surface area (Å²) in [5, 5.41) is 10.0. The van der Waals surface area contributed by atoms with Crippen molar-refractivity contribution in [3.05, 3.63) is 28.5 Å². The molecule has 7 nitrogen and oxygen atoms in total. The number of hydrogen-bond acceptors (Lipinski definition) is 5. The van der Waals surface area contributed by atoms with Gasteiger partial charge in [-0.25, -0.2) is 9.78 Å². The first-order valence-electron chi connectivity index (χ1n) is 7.67. The summed E-state index contributed by atoms with van der Waals surface area (Å²) in [6, 6.07) is -0.172. The van der Waals surface area contributed by atoms with E-state index >= 15 is 0 Å². The lowest BCUT2D eigenvalue weighted by molar-refractivity contribution is 0.0940. The van der Waals surface area contributed by atoms with Gasteiger partial charge in [0.15, 0.2) is 0 Å². The van der Waals surface area contributed by atoms with Crippen LogP contribution in [0.3, 0.4) is 0 Å². The SMILES string of the molecule is Cc1csc(CN(C)C(=O)Nc2cnn(C[C@@H]3CCCO3)c2)n1. The molecule has 1 aliphatic rings. The maximum Gasteiger partial charge on any atom is 0.322 e. The third-order valence-corrected chi connectivity index (χ3v) is 4.64. The standard InChI is InChI=1S/C15H21N5O2S/c1-11-10-23-14(17-11)9-19(2)15(21)18-12-6-16-20(7-12)8-13-4-3-5-22-13/h6-7,10,13H,3-5,8-9H2,1-2H3,(H,18,21)/t13-/m0/s1. The van der Waals surface area contributed by atoms with Crippen LogP contribution in [-0.4, -0.2) is 45.5 Å². The van der Waals surface area contributed by atoms with E-state index in [2.05, 4.69) is 15.4 Å². The summed E-state index contributed by atoms with van der Waals surface area (Å²) in [4.78, 5) is 18.2. The summed E-state index contributed by atoms with van der Waals surface area (Å²) in [6.45, 7) is 4.00. The number of nitrogens with one attached hydrogen (secondary N) is 1. The highest BCUT2D eigenvalue weighted by molar-refractivity contribution is 7.09. The molecule has 0 aromatic carbocycles. The molecule has 124 valence electrons. The number of carbonyl (C=O) groups excluding carboxylic acids is 1. The Balaban J connectivity index is 1.51. The lowest BCUT2D eigenvalue weighted by Gasteiger charge is -2.15. The maximum absolute atomic E-state index is 12.2. The van der Waals surface area contributed by atoms with Gasteiger partial charge in [0.05, 0.1) is 31.1 Å². The lowest BCUT2D eigenvalue weighted by atomic mass is 10.2. The second-order valence-corrected chi connectivity index (χ2v) is 6.70. The van der Waals surface area contributed by atoms with E-state index in [9.17, 15) is 4.79 Å². The number of urea groups is 1. The second-order valence-electron chi connectivity index (χ2n) is 5.75. The average molecular weight is 335 g/mol. The van der Waals surface area contributed by atoms with Crippen molar-refractivity contribution in [1.29, 1.82) is 0 Å². The van der Waals surface area contributed by atoms with Gasteiger partial charge in [0.1, 0.15) is 5.01 Å². The first-order chi connectivity index (χ1) is 11.1. The predicted octanol–water partition coefficient (Wildman–Crippen LogP) is 2.49. The number of aryl methyl sites for hydroxylation is 1. The quantitative estimate of drug-likeness (QED) is 0.911. The zero-order chi connectivity index (χ0) is 16.2. The van der Waals surface area contributed by atoms with Crippen LogP contribution in [-0.2, 0) is 17.8 Å². The Hall–Kier alpha value is -1.93. The first kappa shape index (κ1) is 15.9. The van der Waals surface area contributed by atoms with Gasteiger partial charge >= 0.3 is 6.03 Å². The highest BCUT2D eigenvalue weighted by atomic mass is 32.1. The lowest BCUT2D eigenvalue weighted by Crippen LogP contribution is -2.30. The molecule has 1 aliphatic heterocycles. The van der Waals surface area contributed by atoms with Gasteiger partial charge in [-0.2, -0.15) is 5.10 Å². The van der Waals surface area contributed by atoms with E-state index in [0.717, 1.165) is 36.7 Å². The average Bonchev–Trinajstić information content (AvgIpc) is 3.24. The smallest absolute Gasteiger partial charge is 0.322 e. The van der Waals surface area contributed by atoms with Gasteiger partial charge in [-0.15, -0.1) is 11.3 Å². The third kappa shape index (κ3) is 4.29. The van der Waals surface area contributed by atoms with Gasteiger partial charge in [-0.1, -0.05) is 0 Å². The molecule has 1 fully saturated rings. The number of aromatic nitrogens is 3. The van der Waals surface area contributed by atoms with Crippen LogP contribution in [0, 0.1) is 6.92 Å². The van der Waals surface area contributed by atoms with Gasteiger partial charge in [0, 0.05) is 30.9 Å². The Bertz CT molecular complexity index is 662.